The lowest BCUT2D eigenvalue weighted by atomic mass is 9.83. The van der Waals surface area contributed by atoms with E-state index in [9.17, 15) is 0 Å². The maximum Gasteiger partial charge on any atom is 0.193 e. The third-order valence-corrected chi connectivity index (χ3v) is 4.54. The molecule has 0 aliphatic heterocycles. The van der Waals surface area contributed by atoms with E-state index in [-0.39, 0.29) is 18.2 Å². The zero-order chi connectivity index (χ0) is 17.1. The van der Waals surface area contributed by atoms with Crippen LogP contribution in [-0.2, 0) is 4.74 Å². The van der Waals surface area contributed by atoms with E-state index in [1.165, 1.54) is 11.1 Å². The molecule has 3 rings (SSSR count). The van der Waals surface area contributed by atoms with Crippen LogP contribution in [0, 0.1) is 13.8 Å². The lowest BCUT2D eigenvalue weighted by Gasteiger charge is -2.42. The molecule has 6 nitrogen and oxygen atoms in total. The first-order chi connectivity index (χ1) is 11.6. The van der Waals surface area contributed by atoms with Gasteiger partial charge in [-0.15, -0.1) is 0 Å². The number of ether oxygens (including phenoxy) is 1. The number of guanidine groups is 1. The molecular weight excluding hydrogens is 302 g/mol. The van der Waals surface area contributed by atoms with Crippen molar-refractivity contribution < 1.29 is 4.74 Å². The number of aromatic nitrogens is 2. The normalized spacial score (nSPS) is 23.8. The Hall–Kier alpha value is -2.34. The molecule has 3 N–H and O–H groups in total. The van der Waals surface area contributed by atoms with Crippen LogP contribution in [0.15, 0.2) is 41.7 Å². The average molecular weight is 327 g/mol. The molecular formula is C18H25N5O. The summed E-state index contributed by atoms with van der Waals surface area (Å²) < 4.78 is 7.70. The van der Waals surface area contributed by atoms with E-state index >= 15 is 0 Å². The van der Waals surface area contributed by atoms with Crippen LogP contribution in [0.1, 0.15) is 30.5 Å². The number of aryl methyl sites for hydroxylation is 2. The van der Waals surface area contributed by atoms with Gasteiger partial charge in [-0.3, -0.25) is 4.68 Å². The summed E-state index contributed by atoms with van der Waals surface area (Å²) in [6.07, 6.45) is 4.72. The molecule has 0 amide bonds. The largest absolute Gasteiger partial charge is 0.376 e. The summed E-state index contributed by atoms with van der Waals surface area (Å²) in [5.41, 5.74) is 9.54. The first kappa shape index (κ1) is 16.5. The van der Waals surface area contributed by atoms with Crippen LogP contribution >= 0.6 is 0 Å². The zero-order valence-electron chi connectivity index (χ0n) is 14.4. The quantitative estimate of drug-likeness (QED) is 0.654. The van der Waals surface area contributed by atoms with Crippen LogP contribution in [0.3, 0.4) is 0 Å². The molecule has 0 radical (unpaired) electrons. The van der Waals surface area contributed by atoms with Crippen molar-refractivity contribution in [2.24, 2.45) is 10.7 Å². The first-order valence-corrected chi connectivity index (χ1v) is 8.36. The van der Waals surface area contributed by atoms with Gasteiger partial charge in [-0.1, -0.05) is 6.07 Å². The summed E-state index contributed by atoms with van der Waals surface area (Å²) in [4.78, 5) is 4.64. The van der Waals surface area contributed by atoms with Crippen molar-refractivity contribution in [3.63, 3.8) is 0 Å². The molecule has 128 valence electrons. The van der Waals surface area contributed by atoms with Crippen LogP contribution in [0.2, 0.25) is 0 Å². The van der Waals surface area contributed by atoms with Gasteiger partial charge < -0.3 is 15.8 Å². The number of aliphatic imine (C=N–C) groups is 1. The third-order valence-electron chi connectivity index (χ3n) is 4.54. The second-order valence-corrected chi connectivity index (χ2v) is 6.21. The number of anilines is 1. The standard InChI is InChI=1S/C18H25N5O/c1-4-24-16-11-15(17(16)23-9-5-8-20-23)22-18(19)21-14-7-6-12(2)13(3)10-14/h5-10,15-17H,4,11H2,1-3H3,(H3,19,21,22). The van der Waals surface area contributed by atoms with E-state index in [2.05, 4.69) is 41.4 Å². The van der Waals surface area contributed by atoms with Crippen LogP contribution < -0.4 is 11.1 Å². The van der Waals surface area contributed by atoms with Crippen LogP contribution in [0.25, 0.3) is 0 Å². The number of hydrogen-bond acceptors (Lipinski definition) is 3. The van der Waals surface area contributed by atoms with Gasteiger partial charge in [-0.2, -0.15) is 5.10 Å². The molecule has 1 saturated carbocycles. The van der Waals surface area contributed by atoms with Gasteiger partial charge in [0.25, 0.3) is 0 Å². The summed E-state index contributed by atoms with van der Waals surface area (Å²) in [6, 6.07) is 8.25. The van der Waals surface area contributed by atoms with Crippen molar-refractivity contribution in [2.75, 3.05) is 11.9 Å². The second-order valence-electron chi connectivity index (χ2n) is 6.21. The van der Waals surface area contributed by atoms with Gasteiger partial charge in [-0.05, 0) is 50.1 Å². The molecule has 3 unspecified atom stereocenters. The molecule has 3 atom stereocenters. The Bertz CT molecular complexity index is 710. The highest BCUT2D eigenvalue weighted by Gasteiger charge is 2.43. The molecule has 2 aromatic rings. The minimum absolute atomic E-state index is 0.0699. The van der Waals surface area contributed by atoms with Gasteiger partial charge in [0, 0.05) is 31.1 Å². The van der Waals surface area contributed by atoms with Crippen molar-refractivity contribution in [1.29, 1.82) is 0 Å². The summed E-state index contributed by atoms with van der Waals surface area (Å²) >= 11 is 0. The zero-order valence-corrected chi connectivity index (χ0v) is 14.4. The van der Waals surface area contributed by atoms with Gasteiger partial charge in [0.1, 0.15) is 6.04 Å². The van der Waals surface area contributed by atoms with E-state index in [4.69, 9.17) is 10.5 Å². The number of hydrogen-bond donors (Lipinski definition) is 2. The van der Waals surface area contributed by atoms with Crippen molar-refractivity contribution in [2.45, 2.75) is 45.4 Å². The number of nitrogens with one attached hydrogen (secondary N) is 1. The van der Waals surface area contributed by atoms with E-state index in [1.54, 1.807) is 6.20 Å². The third kappa shape index (κ3) is 3.43. The smallest absolute Gasteiger partial charge is 0.193 e. The Balaban J connectivity index is 1.71. The molecule has 1 aromatic carbocycles. The summed E-state index contributed by atoms with van der Waals surface area (Å²) in [6.45, 7) is 6.87. The van der Waals surface area contributed by atoms with Crippen LogP contribution in [0.4, 0.5) is 5.69 Å². The Morgan fingerprint density at radius 3 is 2.92 bits per heavy atom. The van der Waals surface area contributed by atoms with Crippen molar-refractivity contribution in [3.05, 3.63) is 47.8 Å². The fourth-order valence-electron chi connectivity index (χ4n) is 3.06. The molecule has 24 heavy (non-hydrogen) atoms. The molecule has 6 heteroatoms. The van der Waals surface area contributed by atoms with E-state index < -0.39 is 0 Å². The van der Waals surface area contributed by atoms with E-state index in [0.717, 1.165) is 12.1 Å². The van der Waals surface area contributed by atoms with Crippen molar-refractivity contribution in [3.8, 4) is 0 Å². The van der Waals surface area contributed by atoms with Crippen LogP contribution in [0.5, 0.6) is 0 Å². The highest BCUT2D eigenvalue weighted by molar-refractivity contribution is 5.92. The Morgan fingerprint density at radius 2 is 2.25 bits per heavy atom. The first-order valence-electron chi connectivity index (χ1n) is 8.36. The maximum atomic E-state index is 6.11. The topological polar surface area (TPSA) is 77.5 Å². The number of rotatable bonds is 5. The van der Waals surface area contributed by atoms with Gasteiger partial charge in [0.15, 0.2) is 5.96 Å². The lowest BCUT2D eigenvalue weighted by molar-refractivity contribution is -0.0505. The molecule has 0 bridgehead atoms. The summed E-state index contributed by atoms with van der Waals surface area (Å²) in [7, 11) is 0. The average Bonchev–Trinajstić information content (AvgIpc) is 3.03. The molecule has 0 saturated heterocycles. The van der Waals surface area contributed by atoms with Crippen molar-refractivity contribution in [1.82, 2.24) is 9.78 Å². The van der Waals surface area contributed by atoms with Gasteiger partial charge >= 0.3 is 0 Å². The number of benzene rings is 1. The number of nitrogens with zero attached hydrogens (tertiary/aromatic N) is 3. The molecule has 0 spiro atoms. The highest BCUT2D eigenvalue weighted by Crippen LogP contribution is 2.37. The number of nitrogens with two attached hydrogens (primary N) is 1. The monoisotopic (exact) mass is 327 g/mol. The van der Waals surface area contributed by atoms with E-state index in [1.807, 2.05) is 29.9 Å². The predicted octanol–water partition coefficient (Wildman–Crippen LogP) is 2.65. The molecule has 1 fully saturated rings. The van der Waals surface area contributed by atoms with Gasteiger partial charge in [-0.25, -0.2) is 4.99 Å². The van der Waals surface area contributed by atoms with Crippen molar-refractivity contribution >= 4 is 11.6 Å². The van der Waals surface area contributed by atoms with Gasteiger partial charge in [0.05, 0.1) is 12.1 Å². The minimum Gasteiger partial charge on any atom is -0.376 e. The Morgan fingerprint density at radius 1 is 1.42 bits per heavy atom. The van der Waals surface area contributed by atoms with Crippen LogP contribution in [-0.4, -0.2) is 34.5 Å². The Kier molecular flexibility index (Phi) is 4.85. The van der Waals surface area contributed by atoms with E-state index in [0.29, 0.717) is 12.6 Å². The molecule has 1 aliphatic carbocycles. The van der Waals surface area contributed by atoms with Gasteiger partial charge in [0.2, 0.25) is 0 Å². The highest BCUT2D eigenvalue weighted by atomic mass is 16.5. The second kappa shape index (κ2) is 7.05. The molecule has 1 heterocycles. The summed E-state index contributed by atoms with van der Waals surface area (Å²) in [5.74, 6) is 0.426. The SMILES string of the molecule is CCOC1CC(N=C(N)Nc2ccc(C)c(C)c2)C1n1cccn1. The lowest BCUT2D eigenvalue weighted by Crippen LogP contribution is -2.49. The summed E-state index contributed by atoms with van der Waals surface area (Å²) in [5, 5.41) is 7.52. The molecule has 1 aliphatic rings. The molecule has 1 aromatic heterocycles. The predicted molar refractivity (Wildman–Crippen MR) is 96.2 cm³/mol. The minimum atomic E-state index is 0.0699. The Labute approximate surface area is 142 Å². The fourth-order valence-corrected chi connectivity index (χ4v) is 3.06. The fraction of sp³-hybridized carbons (Fsp3) is 0.444. The maximum absolute atomic E-state index is 6.11.